The highest BCUT2D eigenvalue weighted by Crippen LogP contribution is 2.27. The Morgan fingerprint density at radius 1 is 1.13 bits per heavy atom. The summed E-state index contributed by atoms with van der Waals surface area (Å²) < 4.78 is 33.4. The van der Waals surface area contributed by atoms with Crippen molar-refractivity contribution in [3.8, 4) is 0 Å². The maximum atomic E-state index is 12.7. The predicted octanol–water partition coefficient (Wildman–Crippen LogP) is 4.06. The summed E-state index contributed by atoms with van der Waals surface area (Å²) in [4.78, 5) is 4.35. The summed E-state index contributed by atoms with van der Waals surface area (Å²) in [6, 6.07) is 12.1. The number of hydrogen-bond acceptors (Lipinski definition) is 4. The van der Waals surface area contributed by atoms with Crippen LogP contribution in [0.5, 0.6) is 0 Å². The molecule has 0 aliphatic heterocycles. The fourth-order valence-electron chi connectivity index (χ4n) is 2.49. The van der Waals surface area contributed by atoms with Crippen LogP contribution in [0.3, 0.4) is 0 Å². The first-order valence-corrected chi connectivity index (χ1v) is 8.84. The van der Waals surface area contributed by atoms with Gasteiger partial charge in [0.1, 0.15) is 5.52 Å². The number of nitrogens with zero attached hydrogens (tertiary/aromatic N) is 1. The molecule has 0 unspecified atom stereocenters. The molecule has 120 valence electrons. The average Bonchev–Trinajstić information content (AvgIpc) is 2.86. The maximum Gasteiger partial charge on any atom is 0.261 e. The molecular formula is C17H18N2O3S. The molecule has 0 radical (unpaired) electrons. The first kappa shape index (κ1) is 15.6. The van der Waals surface area contributed by atoms with E-state index < -0.39 is 10.0 Å². The number of anilines is 1. The van der Waals surface area contributed by atoms with E-state index in [2.05, 4.69) is 9.71 Å². The summed E-state index contributed by atoms with van der Waals surface area (Å²) in [5.41, 5.74) is 2.65. The molecule has 1 aromatic heterocycles. The highest BCUT2D eigenvalue weighted by Gasteiger charge is 2.18. The van der Waals surface area contributed by atoms with Crippen molar-refractivity contribution >= 4 is 26.8 Å². The van der Waals surface area contributed by atoms with E-state index in [4.69, 9.17) is 4.42 Å². The highest BCUT2D eigenvalue weighted by atomic mass is 32.2. The summed E-state index contributed by atoms with van der Waals surface area (Å²) in [6.45, 7) is 5.78. The van der Waals surface area contributed by atoms with Crippen LogP contribution in [0.15, 0.2) is 51.8 Å². The van der Waals surface area contributed by atoms with Gasteiger partial charge in [0.15, 0.2) is 11.5 Å². The number of aryl methyl sites for hydroxylation is 1. The molecule has 3 aromatic rings. The third kappa shape index (κ3) is 3.07. The minimum absolute atomic E-state index is 0.164. The van der Waals surface area contributed by atoms with E-state index in [-0.39, 0.29) is 10.8 Å². The minimum Gasteiger partial charge on any atom is -0.441 e. The fourth-order valence-corrected chi connectivity index (χ4v) is 3.59. The van der Waals surface area contributed by atoms with Crippen LogP contribution < -0.4 is 4.72 Å². The Kier molecular flexibility index (Phi) is 3.85. The molecule has 1 N–H and O–H groups in total. The van der Waals surface area contributed by atoms with E-state index in [0.29, 0.717) is 22.7 Å². The molecular weight excluding hydrogens is 312 g/mol. The summed E-state index contributed by atoms with van der Waals surface area (Å²) in [7, 11) is -3.68. The van der Waals surface area contributed by atoms with Crippen LogP contribution in [0, 0.1) is 6.92 Å². The van der Waals surface area contributed by atoms with E-state index in [1.54, 1.807) is 19.1 Å². The molecule has 5 nitrogen and oxygen atoms in total. The molecule has 1 heterocycles. The zero-order valence-corrected chi connectivity index (χ0v) is 14.0. The molecule has 0 saturated heterocycles. The quantitative estimate of drug-likeness (QED) is 0.783. The van der Waals surface area contributed by atoms with Gasteiger partial charge in [-0.3, -0.25) is 4.72 Å². The second kappa shape index (κ2) is 5.70. The predicted molar refractivity (Wildman–Crippen MR) is 90.1 cm³/mol. The van der Waals surface area contributed by atoms with Crippen LogP contribution in [0.1, 0.15) is 31.2 Å². The van der Waals surface area contributed by atoms with Gasteiger partial charge in [0, 0.05) is 6.92 Å². The molecule has 2 aromatic carbocycles. The summed E-state index contributed by atoms with van der Waals surface area (Å²) in [6.07, 6.45) is 0. The largest absolute Gasteiger partial charge is 0.441 e. The fraction of sp³-hybridized carbons (Fsp3) is 0.235. The zero-order chi connectivity index (χ0) is 16.6. The maximum absolute atomic E-state index is 12.7. The monoisotopic (exact) mass is 330 g/mol. The van der Waals surface area contributed by atoms with Gasteiger partial charge < -0.3 is 4.42 Å². The molecule has 0 atom stereocenters. The lowest BCUT2D eigenvalue weighted by Gasteiger charge is -2.14. The van der Waals surface area contributed by atoms with Crippen LogP contribution in [0.25, 0.3) is 11.1 Å². The summed E-state index contributed by atoms with van der Waals surface area (Å²) in [5, 5.41) is 0. The van der Waals surface area contributed by atoms with Gasteiger partial charge in [-0.1, -0.05) is 32.0 Å². The summed E-state index contributed by atoms with van der Waals surface area (Å²) in [5.74, 6) is 0.724. The van der Waals surface area contributed by atoms with Gasteiger partial charge in [-0.15, -0.1) is 0 Å². The van der Waals surface area contributed by atoms with Crippen molar-refractivity contribution in [1.29, 1.82) is 0 Å². The number of para-hydroxylation sites is 1. The SMILES string of the molecule is Cc1nc2cc(S(=O)(=O)Nc3ccccc3C(C)C)ccc2o1. The third-order valence-electron chi connectivity index (χ3n) is 3.60. The second-order valence-corrected chi connectivity index (χ2v) is 7.39. The average molecular weight is 330 g/mol. The van der Waals surface area contributed by atoms with Crippen LogP contribution in [-0.4, -0.2) is 13.4 Å². The van der Waals surface area contributed by atoms with Crippen molar-refractivity contribution in [2.75, 3.05) is 4.72 Å². The normalized spacial score (nSPS) is 12.0. The third-order valence-corrected chi connectivity index (χ3v) is 4.97. The number of sulfonamides is 1. The van der Waals surface area contributed by atoms with E-state index in [1.807, 2.05) is 32.0 Å². The Morgan fingerprint density at radius 2 is 1.87 bits per heavy atom. The Balaban J connectivity index is 2.00. The van der Waals surface area contributed by atoms with Gasteiger partial charge in [-0.05, 0) is 35.7 Å². The zero-order valence-electron chi connectivity index (χ0n) is 13.2. The molecule has 0 aliphatic rings. The number of fused-ring (bicyclic) bond motifs is 1. The summed E-state index contributed by atoms with van der Waals surface area (Å²) >= 11 is 0. The Bertz CT molecular complexity index is 959. The number of rotatable bonds is 4. The first-order valence-electron chi connectivity index (χ1n) is 7.36. The lowest BCUT2D eigenvalue weighted by atomic mass is 10.0. The van der Waals surface area contributed by atoms with Gasteiger partial charge in [-0.25, -0.2) is 13.4 Å². The Morgan fingerprint density at radius 3 is 2.61 bits per heavy atom. The van der Waals surface area contributed by atoms with Crippen molar-refractivity contribution < 1.29 is 12.8 Å². The van der Waals surface area contributed by atoms with Crippen molar-refractivity contribution in [3.63, 3.8) is 0 Å². The topological polar surface area (TPSA) is 72.2 Å². The van der Waals surface area contributed by atoms with Gasteiger partial charge in [0.25, 0.3) is 10.0 Å². The number of nitrogens with one attached hydrogen (secondary N) is 1. The number of benzene rings is 2. The molecule has 0 fully saturated rings. The molecule has 6 heteroatoms. The molecule has 0 saturated carbocycles. The van der Waals surface area contributed by atoms with E-state index in [0.717, 1.165) is 5.56 Å². The molecule has 0 amide bonds. The van der Waals surface area contributed by atoms with E-state index in [1.165, 1.54) is 12.1 Å². The molecule has 0 spiro atoms. The minimum atomic E-state index is -3.68. The molecule has 23 heavy (non-hydrogen) atoms. The van der Waals surface area contributed by atoms with Crippen LogP contribution in [-0.2, 0) is 10.0 Å². The van der Waals surface area contributed by atoms with E-state index >= 15 is 0 Å². The van der Waals surface area contributed by atoms with Crippen LogP contribution >= 0.6 is 0 Å². The van der Waals surface area contributed by atoms with Gasteiger partial charge >= 0.3 is 0 Å². The molecule has 0 aliphatic carbocycles. The lowest BCUT2D eigenvalue weighted by molar-refractivity contribution is 0.561. The Labute approximate surface area is 135 Å². The van der Waals surface area contributed by atoms with Crippen molar-refractivity contribution in [2.45, 2.75) is 31.6 Å². The van der Waals surface area contributed by atoms with E-state index in [9.17, 15) is 8.42 Å². The lowest BCUT2D eigenvalue weighted by Crippen LogP contribution is -2.14. The second-order valence-electron chi connectivity index (χ2n) is 5.71. The number of hydrogen-bond donors (Lipinski definition) is 1. The molecule has 3 rings (SSSR count). The van der Waals surface area contributed by atoms with Gasteiger partial charge in [0.05, 0.1) is 10.6 Å². The standard InChI is InChI=1S/C17H18N2O3S/c1-11(2)14-6-4-5-7-15(14)19-23(20,21)13-8-9-17-16(10-13)18-12(3)22-17/h4-11,19H,1-3H3. The first-order chi connectivity index (χ1) is 10.9. The number of aromatic nitrogens is 1. The molecule has 0 bridgehead atoms. The number of oxazole rings is 1. The van der Waals surface area contributed by atoms with Crippen molar-refractivity contribution in [2.24, 2.45) is 0 Å². The van der Waals surface area contributed by atoms with Gasteiger partial charge in [0.2, 0.25) is 0 Å². The Hall–Kier alpha value is -2.34. The van der Waals surface area contributed by atoms with Crippen LogP contribution in [0.2, 0.25) is 0 Å². The smallest absolute Gasteiger partial charge is 0.261 e. The van der Waals surface area contributed by atoms with Crippen molar-refractivity contribution in [3.05, 3.63) is 53.9 Å². The highest BCUT2D eigenvalue weighted by molar-refractivity contribution is 7.92. The van der Waals surface area contributed by atoms with Crippen LogP contribution in [0.4, 0.5) is 5.69 Å². The van der Waals surface area contributed by atoms with Gasteiger partial charge in [-0.2, -0.15) is 0 Å². The van der Waals surface area contributed by atoms with Crippen molar-refractivity contribution in [1.82, 2.24) is 4.98 Å².